The Labute approximate surface area is 185 Å². The molecule has 166 valence electrons. The number of anilines is 2. The second-order valence-electron chi connectivity index (χ2n) is 8.00. The number of rotatable bonds is 7. The second-order valence-corrected chi connectivity index (χ2v) is 8.00. The van der Waals surface area contributed by atoms with Crippen molar-refractivity contribution in [2.45, 2.75) is 25.2 Å². The molecule has 1 aliphatic rings. The fourth-order valence-corrected chi connectivity index (χ4v) is 4.48. The lowest BCUT2D eigenvalue weighted by Gasteiger charge is -2.18. The second kappa shape index (κ2) is 8.51. The number of hydrogen-bond acceptors (Lipinski definition) is 7. The molecule has 0 saturated heterocycles. The standard InChI is InChI=1S/C23H26N6O3/c1-31-17-9-16(10-18(11-17)32-2)28-12-21(24-14-28)25-23-26-22(19-6-3-5-15(19)13-30)20-7-4-8-29(20)27-23/h4,7-12,14-15,19,30H,3,5-6,13H2,1-2H3,(H,25,27)/t15-,19?/m0/s1. The Balaban J connectivity index is 1.45. The molecule has 0 amide bonds. The quantitative estimate of drug-likeness (QED) is 0.459. The van der Waals surface area contributed by atoms with E-state index in [-0.39, 0.29) is 18.4 Å². The van der Waals surface area contributed by atoms with Crippen LogP contribution in [0.15, 0.2) is 49.1 Å². The van der Waals surface area contributed by atoms with Crippen LogP contribution in [0.3, 0.4) is 0 Å². The van der Waals surface area contributed by atoms with Crippen LogP contribution in [0, 0.1) is 5.92 Å². The van der Waals surface area contributed by atoms with Crippen LogP contribution in [0.25, 0.3) is 11.2 Å². The summed E-state index contributed by atoms with van der Waals surface area (Å²) < 4.78 is 14.4. The fraction of sp³-hybridized carbons (Fsp3) is 0.348. The van der Waals surface area contributed by atoms with Gasteiger partial charge in [-0.15, -0.1) is 5.10 Å². The van der Waals surface area contributed by atoms with Gasteiger partial charge in [-0.25, -0.2) is 14.5 Å². The van der Waals surface area contributed by atoms with Crippen molar-refractivity contribution in [3.63, 3.8) is 0 Å². The number of aliphatic hydroxyl groups is 1. The third-order valence-corrected chi connectivity index (χ3v) is 6.12. The zero-order valence-corrected chi connectivity index (χ0v) is 18.1. The van der Waals surface area contributed by atoms with E-state index in [2.05, 4.69) is 15.4 Å². The number of benzene rings is 1. The van der Waals surface area contributed by atoms with Crippen molar-refractivity contribution >= 4 is 17.3 Å². The Morgan fingerprint density at radius 1 is 1.16 bits per heavy atom. The number of nitrogens with one attached hydrogen (secondary N) is 1. The van der Waals surface area contributed by atoms with Crippen molar-refractivity contribution in [1.29, 1.82) is 0 Å². The minimum absolute atomic E-state index is 0.179. The molecule has 2 N–H and O–H groups in total. The molecule has 9 heteroatoms. The molecule has 2 atom stereocenters. The summed E-state index contributed by atoms with van der Waals surface area (Å²) in [5.74, 6) is 2.95. The highest BCUT2D eigenvalue weighted by Gasteiger charge is 2.31. The first kappa shape index (κ1) is 20.3. The smallest absolute Gasteiger partial charge is 0.246 e. The van der Waals surface area contributed by atoms with Crippen LogP contribution in [0.1, 0.15) is 30.9 Å². The minimum Gasteiger partial charge on any atom is -0.497 e. The van der Waals surface area contributed by atoms with E-state index in [0.29, 0.717) is 23.3 Å². The van der Waals surface area contributed by atoms with Crippen LogP contribution >= 0.6 is 0 Å². The summed E-state index contributed by atoms with van der Waals surface area (Å²) >= 11 is 0. The number of fused-ring (bicyclic) bond motifs is 1. The largest absolute Gasteiger partial charge is 0.497 e. The molecule has 1 saturated carbocycles. The van der Waals surface area contributed by atoms with E-state index in [1.807, 2.05) is 51.8 Å². The highest BCUT2D eigenvalue weighted by molar-refractivity contribution is 5.57. The van der Waals surface area contributed by atoms with E-state index in [9.17, 15) is 5.11 Å². The van der Waals surface area contributed by atoms with Crippen LogP contribution in [0.5, 0.6) is 11.5 Å². The maximum Gasteiger partial charge on any atom is 0.246 e. The molecule has 4 aromatic rings. The first-order valence-corrected chi connectivity index (χ1v) is 10.7. The van der Waals surface area contributed by atoms with E-state index < -0.39 is 0 Å². The third kappa shape index (κ3) is 3.75. The predicted molar refractivity (Wildman–Crippen MR) is 120 cm³/mol. The van der Waals surface area contributed by atoms with Crippen LogP contribution in [0.4, 0.5) is 11.8 Å². The average molecular weight is 435 g/mol. The Hall–Kier alpha value is -3.59. The molecule has 1 unspecified atom stereocenters. The van der Waals surface area contributed by atoms with Crippen molar-refractivity contribution in [2.75, 3.05) is 26.1 Å². The summed E-state index contributed by atoms with van der Waals surface area (Å²) in [6, 6.07) is 9.62. The van der Waals surface area contributed by atoms with Gasteiger partial charge < -0.3 is 24.5 Å². The van der Waals surface area contributed by atoms with Crippen molar-refractivity contribution in [2.24, 2.45) is 5.92 Å². The number of imidazole rings is 1. The van der Waals surface area contributed by atoms with Gasteiger partial charge in [0.15, 0.2) is 5.82 Å². The SMILES string of the molecule is COc1cc(OC)cc(-n2cnc(Nc3nc(C4CCC[C@H]4CO)c4cccn4n3)c2)c1. The molecule has 3 aromatic heterocycles. The zero-order chi connectivity index (χ0) is 22.1. The lowest BCUT2D eigenvalue weighted by Crippen LogP contribution is -2.15. The Morgan fingerprint density at radius 3 is 2.72 bits per heavy atom. The molecular weight excluding hydrogens is 408 g/mol. The van der Waals surface area contributed by atoms with Crippen LogP contribution in [0.2, 0.25) is 0 Å². The van der Waals surface area contributed by atoms with Crippen LogP contribution < -0.4 is 14.8 Å². The highest BCUT2D eigenvalue weighted by atomic mass is 16.5. The molecule has 0 bridgehead atoms. The molecule has 0 aliphatic heterocycles. The topological polar surface area (TPSA) is 98.7 Å². The van der Waals surface area contributed by atoms with Gasteiger partial charge in [-0.2, -0.15) is 0 Å². The number of hydrogen-bond donors (Lipinski definition) is 2. The molecule has 5 rings (SSSR count). The van der Waals surface area contributed by atoms with E-state index in [4.69, 9.17) is 14.5 Å². The first-order valence-electron chi connectivity index (χ1n) is 10.7. The summed E-state index contributed by atoms with van der Waals surface area (Å²) in [6.45, 7) is 0.179. The molecule has 32 heavy (non-hydrogen) atoms. The van der Waals surface area contributed by atoms with Crippen molar-refractivity contribution < 1.29 is 14.6 Å². The van der Waals surface area contributed by atoms with E-state index in [1.54, 1.807) is 20.5 Å². The number of ether oxygens (including phenoxy) is 2. The number of nitrogens with zero attached hydrogens (tertiary/aromatic N) is 5. The summed E-state index contributed by atoms with van der Waals surface area (Å²) in [6.07, 6.45) is 8.64. The van der Waals surface area contributed by atoms with Gasteiger partial charge in [0.05, 0.1) is 37.3 Å². The van der Waals surface area contributed by atoms with Gasteiger partial charge in [-0.3, -0.25) is 0 Å². The maximum atomic E-state index is 9.81. The lowest BCUT2D eigenvalue weighted by atomic mass is 9.93. The predicted octanol–water partition coefficient (Wildman–Crippen LogP) is 3.55. The molecular formula is C23H26N6O3. The van der Waals surface area contributed by atoms with E-state index in [0.717, 1.165) is 36.2 Å². The Kier molecular flexibility index (Phi) is 5.40. The molecule has 1 aliphatic carbocycles. The lowest BCUT2D eigenvalue weighted by molar-refractivity contribution is 0.216. The summed E-state index contributed by atoms with van der Waals surface area (Å²) in [5.41, 5.74) is 2.82. The van der Waals surface area contributed by atoms with E-state index in [1.165, 1.54) is 0 Å². The first-order chi connectivity index (χ1) is 15.7. The zero-order valence-electron chi connectivity index (χ0n) is 18.1. The average Bonchev–Trinajstić information content (AvgIpc) is 3.58. The van der Waals surface area contributed by atoms with Gasteiger partial charge in [0.25, 0.3) is 0 Å². The van der Waals surface area contributed by atoms with E-state index >= 15 is 0 Å². The summed E-state index contributed by atoms with van der Waals surface area (Å²) in [4.78, 5) is 9.31. The van der Waals surface area contributed by atoms with Gasteiger partial charge >= 0.3 is 0 Å². The minimum atomic E-state index is 0.179. The van der Waals surface area contributed by atoms with Crippen molar-refractivity contribution in [3.8, 4) is 17.2 Å². The van der Waals surface area contributed by atoms with Gasteiger partial charge in [0.2, 0.25) is 5.95 Å². The summed E-state index contributed by atoms with van der Waals surface area (Å²) in [7, 11) is 3.24. The number of methoxy groups -OCH3 is 2. The normalized spacial score (nSPS) is 18.2. The van der Waals surface area contributed by atoms with Crippen molar-refractivity contribution in [3.05, 3.63) is 54.7 Å². The van der Waals surface area contributed by atoms with Crippen molar-refractivity contribution in [1.82, 2.24) is 24.1 Å². The van der Waals surface area contributed by atoms with Gasteiger partial charge in [-0.1, -0.05) is 6.42 Å². The monoisotopic (exact) mass is 434 g/mol. The molecule has 0 radical (unpaired) electrons. The van der Waals surface area contributed by atoms with Gasteiger partial charge in [0.1, 0.15) is 17.8 Å². The van der Waals surface area contributed by atoms with Gasteiger partial charge in [-0.05, 0) is 30.9 Å². The van der Waals surface area contributed by atoms with Gasteiger partial charge in [0, 0.05) is 36.9 Å². The highest BCUT2D eigenvalue weighted by Crippen LogP contribution is 2.40. The molecule has 1 fully saturated rings. The molecule has 0 spiro atoms. The number of aromatic nitrogens is 5. The fourth-order valence-electron chi connectivity index (χ4n) is 4.48. The molecule has 1 aromatic carbocycles. The van der Waals surface area contributed by atoms with Crippen LogP contribution in [-0.4, -0.2) is 50.1 Å². The maximum absolute atomic E-state index is 9.81. The third-order valence-electron chi connectivity index (χ3n) is 6.12. The Bertz CT molecular complexity index is 1210. The summed E-state index contributed by atoms with van der Waals surface area (Å²) in [5, 5.41) is 17.6. The molecule has 3 heterocycles. The Morgan fingerprint density at radius 2 is 1.97 bits per heavy atom. The van der Waals surface area contributed by atoms with Crippen LogP contribution in [-0.2, 0) is 0 Å². The number of aliphatic hydroxyl groups excluding tert-OH is 1. The molecule has 9 nitrogen and oxygen atoms in total.